The molecule has 0 aliphatic heterocycles. The van der Waals surface area contributed by atoms with Crippen LogP contribution in [0.2, 0.25) is 101 Å². The minimum Gasteiger partial charge on any atom is -0.351 e. The predicted octanol–water partition coefficient (Wildman–Crippen LogP) is 8.96. The zero-order chi connectivity index (χ0) is 30.3. The molecule has 40 heavy (non-hydrogen) atoms. The monoisotopic (exact) mass is 622 g/mol. The first-order valence-corrected chi connectivity index (χ1v) is 31.1. The number of nitrogens with one attached hydrogen (secondary N) is 2. The lowest BCUT2D eigenvalue weighted by Gasteiger charge is -2.45. The van der Waals surface area contributed by atoms with Crippen molar-refractivity contribution >= 4 is 44.1 Å². The molecule has 3 fully saturated rings. The van der Waals surface area contributed by atoms with E-state index < -0.39 is 32.3 Å². The second kappa shape index (κ2) is 12.8. The molecular formula is C32H66N2O2Si4. The Labute approximate surface area is 252 Å². The summed E-state index contributed by atoms with van der Waals surface area (Å²) in [6.07, 6.45) is 11.3. The first kappa shape index (κ1) is 34.3. The minimum atomic E-state index is -1.32. The van der Waals surface area contributed by atoms with E-state index in [0.29, 0.717) is 0 Å². The molecule has 3 aliphatic carbocycles. The Morgan fingerprint density at radius 1 is 0.450 bits per heavy atom. The average Bonchev–Trinajstić information content (AvgIpc) is 2.82. The van der Waals surface area contributed by atoms with Crippen LogP contribution in [0.1, 0.15) is 64.2 Å². The van der Waals surface area contributed by atoms with Crippen LogP contribution in [0, 0.1) is 11.8 Å². The molecule has 0 aromatic heterocycles. The van der Waals surface area contributed by atoms with Crippen LogP contribution in [0.3, 0.4) is 0 Å². The Hall–Kier alpha value is -0.192. The van der Waals surface area contributed by atoms with Crippen LogP contribution in [0.15, 0.2) is 0 Å². The van der Waals surface area contributed by atoms with Gasteiger partial charge >= 0.3 is 0 Å². The van der Waals surface area contributed by atoms with Gasteiger partial charge < -0.3 is 10.6 Å². The fraction of sp³-hybridized carbons (Fsp3) is 0.938. The fourth-order valence-corrected chi connectivity index (χ4v) is 16.4. The number of rotatable bonds is 8. The molecule has 0 bridgehead atoms. The van der Waals surface area contributed by atoms with E-state index in [1.807, 2.05) is 0 Å². The molecule has 8 heteroatoms. The third kappa shape index (κ3) is 9.15. The maximum absolute atomic E-state index is 13.9. The molecule has 0 heterocycles. The second-order valence-electron chi connectivity index (χ2n) is 18.6. The lowest BCUT2D eigenvalue weighted by atomic mass is 9.84. The minimum absolute atomic E-state index is 0.0898. The highest BCUT2D eigenvalue weighted by molar-refractivity contribution is 6.80. The lowest BCUT2D eigenvalue weighted by Crippen LogP contribution is -2.56. The summed E-state index contributed by atoms with van der Waals surface area (Å²) in [4.78, 5) is 27.7. The van der Waals surface area contributed by atoms with Crippen LogP contribution in [0.5, 0.6) is 0 Å². The number of hydrogen-bond acceptors (Lipinski definition) is 2. The zero-order valence-corrected chi connectivity index (χ0v) is 32.5. The summed E-state index contributed by atoms with van der Waals surface area (Å²) in [7, 11) is -5.28. The van der Waals surface area contributed by atoms with E-state index >= 15 is 0 Å². The van der Waals surface area contributed by atoms with Crippen molar-refractivity contribution in [2.45, 2.75) is 177 Å². The molecule has 0 aromatic carbocycles. The molecule has 2 N–H and O–H groups in total. The second-order valence-corrected chi connectivity index (χ2v) is 40.8. The van der Waals surface area contributed by atoms with Crippen molar-refractivity contribution in [2.24, 2.45) is 11.8 Å². The first-order chi connectivity index (χ1) is 18.2. The Kier molecular flexibility index (Phi) is 11.0. The summed E-state index contributed by atoms with van der Waals surface area (Å²) in [5, 5.41) is 7.10. The van der Waals surface area contributed by atoms with E-state index in [0.717, 1.165) is 73.5 Å². The van der Waals surface area contributed by atoms with E-state index in [-0.39, 0.29) is 35.7 Å². The van der Waals surface area contributed by atoms with Gasteiger partial charge in [-0.05, 0) is 60.7 Å². The highest BCUT2D eigenvalue weighted by atomic mass is 28.3. The molecule has 0 saturated heterocycles. The summed E-state index contributed by atoms with van der Waals surface area (Å²) in [5.74, 6) is 0.864. The Balaban J connectivity index is 1.70. The van der Waals surface area contributed by atoms with E-state index in [2.05, 4.69) is 89.2 Å². The molecule has 0 aromatic rings. The summed E-state index contributed by atoms with van der Waals surface area (Å²) in [5.41, 5.74) is 2.95. The van der Waals surface area contributed by atoms with Crippen molar-refractivity contribution in [2.75, 3.05) is 0 Å². The SMILES string of the molecule is C[Si](C)(C)C1CC(C(=O)NC2CCCCC2NC(=O)C2CC([Si](C)(C)C)CC([Si](C)(C)C)C2)CC([Si](C)(C)C)C1. The fourth-order valence-electron chi connectivity index (χ4n) is 7.97. The smallest absolute Gasteiger partial charge is 0.223 e. The van der Waals surface area contributed by atoms with Gasteiger partial charge in [-0.2, -0.15) is 0 Å². The van der Waals surface area contributed by atoms with Crippen LogP contribution >= 0.6 is 0 Å². The molecule has 232 valence electrons. The van der Waals surface area contributed by atoms with Gasteiger partial charge in [0.15, 0.2) is 0 Å². The van der Waals surface area contributed by atoms with E-state index in [4.69, 9.17) is 0 Å². The standard InChI is InChI=1S/C32H66N2O2Si4/c1-37(2,3)25-17-23(18-26(21-25)38(4,5)6)31(35)33-29-15-13-14-16-30(29)34-32(36)24-19-27(39(7,8)9)22-28(20-24)40(10,11)12/h23-30H,13-22H2,1-12H3,(H,33,35)(H,34,36). The van der Waals surface area contributed by atoms with Gasteiger partial charge in [0.25, 0.3) is 0 Å². The average molecular weight is 623 g/mol. The van der Waals surface area contributed by atoms with Crippen LogP contribution in [-0.4, -0.2) is 56.2 Å². The van der Waals surface area contributed by atoms with Crippen LogP contribution in [-0.2, 0) is 9.59 Å². The van der Waals surface area contributed by atoms with Gasteiger partial charge in [-0.25, -0.2) is 0 Å². The summed E-state index contributed by atoms with van der Waals surface area (Å²) < 4.78 is 0. The highest BCUT2D eigenvalue weighted by Gasteiger charge is 2.45. The lowest BCUT2D eigenvalue weighted by molar-refractivity contribution is -0.130. The topological polar surface area (TPSA) is 58.2 Å². The van der Waals surface area contributed by atoms with Crippen molar-refractivity contribution in [3.63, 3.8) is 0 Å². The predicted molar refractivity (Wildman–Crippen MR) is 185 cm³/mol. The molecule has 2 amide bonds. The van der Waals surface area contributed by atoms with Gasteiger partial charge in [0.2, 0.25) is 11.8 Å². The summed E-state index contributed by atoms with van der Waals surface area (Å²) in [6.45, 7) is 30.0. The molecule has 4 nitrogen and oxygen atoms in total. The molecule has 6 unspecified atom stereocenters. The third-order valence-electron chi connectivity index (χ3n) is 11.5. The van der Waals surface area contributed by atoms with E-state index in [1.165, 1.54) is 12.8 Å². The molecule has 3 rings (SSSR count). The van der Waals surface area contributed by atoms with Gasteiger partial charge in [-0.15, -0.1) is 0 Å². The quantitative estimate of drug-likeness (QED) is 0.266. The van der Waals surface area contributed by atoms with Crippen LogP contribution < -0.4 is 10.6 Å². The van der Waals surface area contributed by atoms with Gasteiger partial charge in [0.1, 0.15) is 0 Å². The van der Waals surface area contributed by atoms with Crippen molar-refractivity contribution in [3.8, 4) is 0 Å². The molecule has 0 spiro atoms. The van der Waals surface area contributed by atoms with Crippen molar-refractivity contribution in [3.05, 3.63) is 0 Å². The molecule has 0 radical (unpaired) electrons. The maximum Gasteiger partial charge on any atom is 0.223 e. The highest BCUT2D eigenvalue weighted by Crippen LogP contribution is 2.50. The molecule has 3 aliphatic rings. The van der Waals surface area contributed by atoms with Crippen molar-refractivity contribution in [1.29, 1.82) is 0 Å². The number of amides is 2. The van der Waals surface area contributed by atoms with E-state index in [1.54, 1.807) is 0 Å². The van der Waals surface area contributed by atoms with Crippen LogP contribution in [0.25, 0.3) is 0 Å². The van der Waals surface area contributed by atoms with Crippen molar-refractivity contribution < 1.29 is 9.59 Å². The third-order valence-corrected chi connectivity index (χ3v) is 23.2. The van der Waals surface area contributed by atoms with Gasteiger partial charge in [-0.1, -0.05) is 104 Å². The van der Waals surface area contributed by atoms with E-state index in [9.17, 15) is 9.59 Å². The normalized spacial score (nSPS) is 34.7. The Morgan fingerprint density at radius 2 is 0.700 bits per heavy atom. The number of hydrogen-bond donors (Lipinski definition) is 2. The van der Waals surface area contributed by atoms with Crippen molar-refractivity contribution in [1.82, 2.24) is 10.6 Å². The Morgan fingerprint density at radius 3 is 0.925 bits per heavy atom. The largest absolute Gasteiger partial charge is 0.351 e. The number of carbonyl (C=O) groups is 2. The summed E-state index contributed by atoms with van der Waals surface area (Å²) in [6, 6.07) is 0.180. The Bertz CT molecular complexity index is 767. The first-order valence-electron chi connectivity index (χ1n) is 16.8. The molecule has 6 atom stereocenters. The molecule has 3 saturated carbocycles. The molecular weight excluding hydrogens is 557 g/mol. The van der Waals surface area contributed by atoms with Gasteiger partial charge in [0, 0.05) is 56.2 Å². The number of carbonyl (C=O) groups excluding carboxylic acids is 2. The van der Waals surface area contributed by atoms with Gasteiger partial charge in [-0.3, -0.25) is 9.59 Å². The van der Waals surface area contributed by atoms with Crippen LogP contribution in [0.4, 0.5) is 0 Å². The maximum atomic E-state index is 13.9. The summed E-state index contributed by atoms with van der Waals surface area (Å²) >= 11 is 0. The zero-order valence-electron chi connectivity index (χ0n) is 28.5. The van der Waals surface area contributed by atoms with Gasteiger partial charge in [0.05, 0.1) is 0 Å².